The molecule has 1 N–H and O–H groups in total. The first-order valence-electron chi connectivity index (χ1n) is 9.23. The van der Waals surface area contributed by atoms with E-state index in [4.69, 9.17) is 4.74 Å². The Kier molecular flexibility index (Phi) is 5.47. The van der Waals surface area contributed by atoms with Gasteiger partial charge in [0, 0.05) is 24.4 Å². The summed E-state index contributed by atoms with van der Waals surface area (Å²) in [5.41, 5.74) is -1.60. The molecule has 1 unspecified atom stereocenters. The molecule has 1 aliphatic heterocycles. The first kappa shape index (κ1) is 21.3. The number of aliphatic hydroxyl groups is 1. The Hall–Kier alpha value is -2.41. The zero-order valence-corrected chi connectivity index (χ0v) is 16.5. The maximum atomic E-state index is 14.0. The van der Waals surface area contributed by atoms with Crippen molar-refractivity contribution in [1.82, 2.24) is 4.98 Å². The van der Waals surface area contributed by atoms with Crippen LogP contribution in [0.3, 0.4) is 0 Å². The van der Waals surface area contributed by atoms with Crippen LogP contribution in [0.4, 0.5) is 17.6 Å². The molecule has 0 saturated carbocycles. The van der Waals surface area contributed by atoms with Gasteiger partial charge in [-0.1, -0.05) is 19.9 Å². The molecule has 156 valence electrons. The number of aromatic nitrogens is 1. The van der Waals surface area contributed by atoms with Crippen LogP contribution < -0.4 is 0 Å². The van der Waals surface area contributed by atoms with E-state index in [0.717, 1.165) is 5.56 Å². The molecule has 0 saturated heterocycles. The largest absolute Gasteiger partial charge is 0.493 e. The van der Waals surface area contributed by atoms with Crippen LogP contribution in [0.25, 0.3) is 6.08 Å². The van der Waals surface area contributed by atoms with Crippen molar-refractivity contribution >= 4 is 6.08 Å². The van der Waals surface area contributed by atoms with Gasteiger partial charge in [-0.2, -0.15) is 13.2 Å². The number of benzene rings is 1. The summed E-state index contributed by atoms with van der Waals surface area (Å²) >= 11 is 0. The topological polar surface area (TPSA) is 42.4 Å². The molecule has 0 amide bonds. The van der Waals surface area contributed by atoms with Crippen molar-refractivity contribution in [2.24, 2.45) is 0 Å². The average Bonchev–Trinajstić information content (AvgIpc) is 2.62. The molecule has 0 radical (unpaired) electrons. The highest BCUT2D eigenvalue weighted by Crippen LogP contribution is 2.45. The van der Waals surface area contributed by atoms with Crippen molar-refractivity contribution in [2.75, 3.05) is 0 Å². The zero-order valence-electron chi connectivity index (χ0n) is 16.5. The Labute approximate surface area is 167 Å². The number of aryl methyl sites for hydroxylation is 1. The number of pyridine rings is 1. The fraction of sp³-hybridized carbons (Fsp3) is 0.409. The number of nitrogens with zero attached hydrogens (tertiary/aromatic N) is 1. The molecule has 0 spiro atoms. The molecule has 0 bridgehead atoms. The van der Waals surface area contributed by atoms with Gasteiger partial charge in [0.05, 0.1) is 0 Å². The van der Waals surface area contributed by atoms with Crippen molar-refractivity contribution in [2.45, 2.75) is 57.4 Å². The predicted octanol–water partition coefficient (Wildman–Crippen LogP) is 5.45. The number of hydrogen-bond acceptors (Lipinski definition) is 3. The second-order valence-corrected chi connectivity index (χ2v) is 8.20. The monoisotopic (exact) mass is 409 g/mol. The molecule has 1 atom stereocenters. The van der Waals surface area contributed by atoms with E-state index in [1.807, 2.05) is 0 Å². The highest BCUT2D eigenvalue weighted by atomic mass is 19.4. The lowest BCUT2D eigenvalue weighted by Gasteiger charge is -2.39. The Morgan fingerprint density at radius 1 is 1.17 bits per heavy atom. The third-order valence-electron chi connectivity index (χ3n) is 5.33. The van der Waals surface area contributed by atoms with Crippen molar-refractivity contribution in [3.63, 3.8) is 0 Å². The van der Waals surface area contributed by atoms with E-state index in [1.54, 1.807) is 39.2 Å². The molecular weight excluding hydrogens is 386 g/mol. The predicted molar refractivity (Wildman–Crippen MR) is 101 cm³/mol. The van der Waals surface area contributed by atoms with Gasteiger partial charge >= 0.3 is 6.18 Å². The number of fused-ring (bicyclic) bond motifs is 1. The minimum absolute atomic E-state index is 0.0512. The molecule has 3 nitrogen and oxygen atoms in total. The molecule has 7 heteroatoms. The molecule has 1 aromatic carbocycles. The summed E-state index contributed by atoms with van der Waals surface area (Å²) in [4.78, 5) is 3.96. The zero-order chi connectivity index (χ0) is 21.4. The van der Waals surface area contributed by atoms with Crippen LogP contribution in [0.5, 0.6) is 0 Å². The van der Waals surface area contributed by atoms with Gasteiger partial charge in [0.1, 0.15) is 18.2 Å². The lowest BCUT2D eigenvalue weighted by Crippen LogP contribution is -2.49. The van der Waals surface area contributed by atoms with E-state index in [-0.39, 0.29) is 12.4 Å². The standard InChI is InChI=1S/C22H23F4NO2/c1-14-4-5-17(23)9-19(14)20(2,3)13-21(28,22(24,25)26)10-18-8-15-6-7-27-11-16(15)12-29-18/h4-9,11,28H,10,12-13H2,1-3H3. The summed E-state index contributed by atoms with van der Waals surface area (Å²) < 4.78 is 61.1. The summed E-state index contributed by atoms with van der Waals surface area (Å²) in [6.07, 6.45) is -1.63. The highest BCUT2D eigenvalue weighted by Gasteiger charge is 2.56. The van der Waals surface area contributed by atoms with Crippen LogP contribution in [0.15, 0.2) is 42.4 Å². The summed E-state index contributed by atoms with van der Waals surface area (Å²) in [5.74, 6) is -0.479. The molecular formula is C22H23F4NO2. The molecule has 0 fully saturated rings. The number of halogens is 4. The smallest absolute Gasteiger partial charge is 0.417 e. The second kappa shape index (κ2) is 7.44. The molecule has 29 heavy (non-hydrogen) atoms. The number of rotatable bonds is 5. The van der Waals surface area contributed by atoms with E-state index < -0.39 is 35.9 Å². The van der Waals surface area contributed by atoms with Gasteiger partial charge in [-0.05, 0) is 59.7 Å². The van der Waals surface area contributed by atoms with Crippen LogP contribution in [-0.4, -0.2) is 21.9 Å². The van der Waals surface area contributed by atoms with Crippen LogP contribution in [0.1, 0.15) is 48.9 Å². The van der Waals surface area contributed by atoms with E-state index in [1.165, 1.54) is 24.3 Å². The van der Waals surface area contributed by atoms with Crippen molar-refractivity contribution < 1.29 is 27.4 Å². The normalized spacial score (nSPS) is 16.5. The lowest BCUT2D eigenvalue weighted by atomic mass is 9.72. The Bertz CT molecular complexity index is 937. The van der Waals surface area contributed by atoms with Crippen LogP contribution in [-0.2, 0) is 16.8 Å². The van der Waals surface area contributed by atoms with E-state index in [0.29, 0.717) is 16.7 Å². The number of ether oxygens (including phenoxy) is 1. The summed E-state index contributed by atoms with van der Waals surface area (Å²) in [7, 11) is 0. The van der Waals surface area contributed by atoms with Crippen molar-refractivity contribution in [3.8, 4) is 0 Å². The first-order chi connectivity index (χ1) is 13.4. The van der Waals surface area contributed by atoms with Gasteiger partial charge in [-0.25, -0.2) is 4.39 Å². The maximum Gasteiger partial charge on any atom is 0.417 e. The summed E-state index contributed by atoms with van der Waals surface area (Å²) in [6.45, 7) is 4.95. The van der Waals surface area contributed by atoms with Gasteiger partial charge in [-0.3, -0.25) is 4.98 Å². The van der Waals surface area contributed by atoms with E-state index >= 15 is 0 Å². The Balaban J connectivity index is 1.94. The van der Waals surface area contributed by atoms with E-state index in [9.17, 15) is 22.7 Å². The Morgan fingerprint density at radius 2 is 1.90 bits per heavy atom. The minimum atomic E-state index is -4.89. The third kappa shape index (κ3) is 4.45. The van der Waals surface area contributed by atoms with Crippen molar-refractivity contribution in [3.05, 3.63) is 70.5 Å². The Morgan fingerprint density at radius 3 is 2.59 bits per heavy atom. The molecule has 2 aromatic rings. The SMILES string of the molecule is Cc1ccc(F)cc1C(C)(C)CC(O)(CC1=Cc2ccncc2CO1)C(F)(F)F. The van der Waals surface area contributed by atoms with Gasteiger partial charge in [0.15, 0.2) is 5.60 Å². The summed E-state index contributed by atoms with van der Waals surface area (Å²) in [5, 5.41) is 10.8. The first-order valence-corrected chi connectivity index (χ1v) is 9.23. The molecule has 1 aromatic heterocycles. The molecule has 3 rings (SSSR count). The average molecular weight is 409 g/mol. The van der Waals surface area contributed by atoms with Gasteiger partial charge < -0.3 is 9.84 Å². The van der Waals surface area contributed by atoms with Crippen LogP contribution in [0, 0.1) is 12.7 Å². The fourth-order valence-electron chi connectivity index (χ4n) is 3.89. The summed E-state index contributed by atoms with van der Waals surface area (Å²) in [6, 6.07) is 5.70. The van der Waals surface area contributed by atoms with Crippen LogP contribution >= 0.6 is 0 Å². The highest BCUT2D eigenvalue weighted by molar-refractivity contribution is 5.56. The van der Waals surface area contributed by atoms with Gasteiger partial charge in [0.25, 0.3) is 0 Å². The number of alkyl halides is 3. The van der Waals surface area contributed by atoms with Gasteiger partial charge in [-0.15, -0.1) is 0 Å². The van der Waals surface area contributed by atoms with Crippen molar-refractivity contribution in [1.29, 1.82) is 0 Å². The van der Waals surface area contributed by atoms with Gasteiger partial charge in [0.2, 0.25) is 0 Å². The third-order valence-corrected chi connectivity index (χ3v) is 5.33. The lowest BCUT2D eigenvalue weighted by molar-refractivity contribution is -0.268. The second-order valence-electron chi connectivity index (χ2n) is 8.20. The minimum Gasteiger partial charge on any atom is -0.493 e. The number of hydrogen-bond donors (Lipinski definition) is 1. The molecule has 2 heterocycles. The molecule has 0 aliphatic carbocycles. The van der Waals surface area contributed by atoms with E-state index in [2.05, 4.69) is 4.98 Å². The van der Waals surface area contributed by atoms with Crippen LogP contribution in [0.2, 0.25) is 0 Å². The quantitative estimate of drug-likeness (QED) is 0.668. The fourth-order valence-corrected chi connectivity index (χ4v) is 3.89. The maximum absolute atomic E-state index is 14.0. The molecule has 1 aliphatic rings.